The Bertz CT molecular complexity index is 614. The van der Waals surface area contributed by atoms with Gasteiger partial charge in [0, 0.05) is 51.7 Å². The van der Waals surface area contributed by atoms with Crippen molar-refractivity contribution in [3.63, 3.8) is 0 Å². The van der Waals surface area contributed by atoms with Gasteiger partial charge in [-0.1, -0.05) is 12.1 Å². The predicted molar refractivity (Wildman–Crippen MR) is 98.6 cm³/mol. The molecule has 26 heavy (non-hydrogen) atoms. The summed E-state index contributed by atoms with van der Waals surface area (Å²) in [4.78, 5) is 16.1. The van der Waals surface area contributed by atoms with E-state index in [0.29, 0.717) is 32.5 Å². The van der Waals surface area contributed by atoms with Crippen molar-refractivity contribution >= 4 is 5.91 Å². The summed E-state index contributed by atoms with van der Waals surface area (Å²) in [6, 6.07) is 10.3. The predicted octanol–water partition coefficient (Wildman–Crippen LogP) is 0.592. The molecule has 2 rings (SSSR count). The number of benzene rings is 1. The van der Waals surface area contributed by atoms with Crippen LogP contribution in [0.15, 0.2) is 24.3 Å². The summed E-state index contributed by atoms with van der Waals surface area (Å²) in [5, 5.41) is 21.5. The van der Waals surface area contributed by atoms with Gasteiger partial charge in [0.05, 0.1) is 26.2 Å². The first-order valence-electron chi connectivity index (χ1n) is 8.89. The third-order valence-electron chi connectivity index (χ3n) is 4.77. The summed E-state index contributed by atoms with van der Waals surface area (Å²) in [5.41, 5.74) is 1.15. The molecule has 0 radical (unpaired) electrons. The number of nitriles is 1. The van der Waals surface area contributed by atoms with E-state index in [-0.39, 0.29) is 24.6 Å². The lowest BCUT2D eigenvalue weighted by molar-refractivity contribution is -0.131. The van der Waals surface area contributed by atoms with E-state index >= 15 is 0 Å². The lowest BCUT2D eigenvalue weighted by atomic mass is 10.0. The first kappa shape index (κ1) is 20.2. The van der Waals surface area contributed by atoms with E-state index < -0.39 is 0 Å². The van der Waals surface area contributed by atoms with Gasteiger partial charge in [-0.25, -0.2) is 0 Å². The Labute approximate surface area is 155 Å². The summed E-state index contributed by atoms with van der Waals surface area (Å²) >= 11 is 0. The van der Waals surface area contributed by atoms with Crippen LogP contribution in [0, 0.1) is 11.3 Å². The van der Waals surface area contributed by atoms with E-state index in [9.17, 15) is 4.79 Å². The molecule has 1 fully saturated rings. The number of nitrogens with one attached hydrogen (secondary N) is 1. The van der Waals surface area contributed by atoms with Gasteiger partial charge in [0.2, 0.25) is 5.91 Å². The minimum atomic E-state index is -0.0336. The van der Waals surface area contributed by atoms with Crippen molar-refractivity contribution in [2.24, 2.45) is 0 Å². The number of amides is 1. The molecule has 1 aromatic rings. The van der Waals surface area contributed by atoms with Crippen LogP contribution in [0.5, 0.6) is 5.75 Å². The molecule has 2 N–H and O–H groups in total. The number of aliphatic hydroxyl groups is 1. The smallest absolute Gasteiger partial charge is 0.224 e. The Morgan fingerprint density at radius 1 is 1.46 bits per heavy atom. The number of carbonyl (C=O) groups excluding carboxylic acids is 1. The third kappa shape index (κ3) is 5.70. The number of hydrogen-bond donors (Lipinski definition) is 2. The first-order valence-corrected chi connectivity index (χ1v) is 8.89. The Hall–Kier alpha value is -2.14. The molecule has 0 aromatic heterocycles. The molecule has 0 spiro atoms. The highest BCUT2D eigenvalue weighted by Gasteiger charge is 2.29. The van der Waals surface area contributed by atoms with Crippen LogP contribution in [0.3, 0.4) is 0 Å². The number of ether oxygens (including phenoxy) is 1. The maximum atomic E-state index is 12.2. The van der Waals surface area contributed by atoms with Crippen LogP contribution in [0.2, 0.25) is 0 Å². The molecule has 1 aliphatic heterocycles. The molecule has 1 aromatic carbocycles. The summed E-state index contributed by atoms with van der Waals surface area (Å²) in [6.45, 7) is 2.43. The van der Waals surface area contributed by atoms with Crippen molar-refractivity contribution < 1.29 is 14.6 Å². The van der Waals surface area contributed by atoms with Crippen LogP contribution in [0.25, 0.3) is 0 Å². The van der Waals surface area contributed by atoms with Crippen molar-refractivity contribution in [3.8, 4) is 11.8 Å². The Balaban J connectivity index is 1.99. The summed E-state index contributed by atoms with van der Waals surface area (Å²) < 4.78 is 5.20. The van der Waals surface area contributed by atoms with Gasteiger partial charge in [-0.3, -0.25) is 9.69 Å². The van der Waals surface area contributed by atoms with Crippen molar-refractivity contribution in [2.45, 2.75) is 31.5 Å². The molecule has 1 aliphatic rings. The van der Waals surface area contributed by atoms with Crippen LogP contribution in [-0.4, -0.2) is 73.3 Å². The number of rotatable bonds is 8. The Morgan fingerprint density at radius 3 is 2.81 bits per heavy atom. The summed E-state index contributed by atoms with van der Waals surface area (Å²) in [6.07, 6.45) is 0.836. The van der Waals surface area contributed by atoms with Gasteiger partial charge < -0.3 is 20.1 Å². The van der Waals surface area contributed by atoms with Gasteiger partial charge in [-0.2, -0.15) is 5.26 Å². The molecular formula is C19H28N4O3. The second-order valence-electron chi connectivity index (χ2n) is 6.64. The fourth-order valence-electron chi connectivity index (χ4n) is 3.17. The summed E-state index contributed by atoms with van der Waals surface area (Å²) in [5.74, 6) is 0.831. The zero-order chi connectivity index (χ0) is 18.9. The molecule has 7 heteroatoms. The quantitative estimate of drug-likeness (QED) is 0.705. The monoisotopic (exact) mass is 360 g/mol. The maximum absolute atomic E-state index is 12.2. The van der Waals surface area contributed by atoms with Crippen molar-refractivity contribution in [3.05, 3.63) is 29.8 Å². The number of methoxy groups -OCH3 is 1. The summed E-state index contributed by atoms with van der Waals surface area (Å²) in [7, 11) is 3.35. The lowest BCUT2D eigenvalue weighted by Gasteiger charge is -2.39. The molecule has 0 bridgehead atoms. The minimum Gasteiger partial charge on any atom is -0.497 e. The van der Waals surface area contributed by atoms with Gasteiger partial charge in [0.1, 0.15) is 5.75 Å². The van der Waals surface area contributed by atoms with Gasteiger partial charge in [-0.05, 0) is 17.7 Å². The highest BCUT2D eigenvalue weighted by molar-refractivity contribution is 5.76. The molecule has 142 valence electrons. The molecule has 1 heterocycles. The molecule has 2 atom stereocenters. The van der Waals surface area contributed by atoms with Crippen LogP contribution in [0.1, 0.15) is 18.4 Å². The van der Waals surface area contributed by atoms with Gasteiger partial charge in [0.15, 0.2) is 0 Å². The zero-order valence-electron chi connectivity index (χ0n) is 15.5. The fraction of sp³-hybridized carbons (Fsp3) is 0.579. The second kappa shape index (κ2) is 10.1. The first-order chi connectivity index (χ1) is 12.6. The van der Waals surface area contributed by atoms with Gasteiger partial charge in [-0.15, -0.1) is 0 Å². The SMILES string of the molecule is COc1ccc(CN2C[C@@H](CC(=O)N(C)CCO)NC[C@@H]2CC#N)cc1. The van der Waals surface area contributed by atoms with E-state index in [0.717, 1.165) is 17.9 Å². The van der Waals surface area contributed by atoms with E-state index in [1.54, 1.807) is 19.1 Å². The standard InChI is InChI=1S/C19H28N4O3/c1-22(9-10-24)19(25)11-16-14-23(17(7-8-20)12-21-16)13-15-3-5-18(26-2)6-4-15/h3-6,16-17,21,24H,7,9-14H2,1-2H3/t16-,17+/m1/s1. The minimum absolute atomic E-state index is 0.0136. The number of piperazine rings is 1. The topological polar surface area (TPSA) is 88.8 Å². The largest absolute Gasteiger partial charge is 0.497 e. The van der Waals surface area contributed by atoms with Crippen LogP contribution < -0.4 is 10.1 Å². The molecule has 0 aliphatic carbocycles. The van der Waals surface area contributed by atoms with E-state index in [1.165, 1.54) is 0 Å². The Kier molecular flexibility index (Phi) is 7.85. The van der Waals surface area contributed by atoms with E-state index in [1.807, 2.05) is 24.3 Å². The van der Waals surface area contributed by atoms with Gasteiger partial charge >= 0.3 is 0 Å². The van der Waals surface area contributed by atoms with E-state index in [4.69, 9.17) is 15.1 Å². The number of nitrogens with zero attached hydrogens (tertiary/aromatic N) is 3. The van der Waals surface area contributed by atoms with Crippen LogP contribution in [-0.2, 0) is 11.3 Å². The number of aliphatic hydroxyl groups excluding tert-OH is 1. The third-order valence-corrected chi connectivity index (χ3v) is 4.77. The van der Waals surface area contributed by atoms with Crippen molar-refractivity contribution in [1.29, 1.82) is 5.26 Å². The Morgan fingerprint density at radius 2 is 2.19 bits per heavy atom. The second-order valence-corrected chi connectivity index (χ2v) is 6.64. The van der Waals surface area contributed by atoms with Gasteiger partial charge in [0.25, 0.3) is 0 Å². The number of likely N-dealkylation sites (N-methyl/N-ethyl adjacent to an activating group) is 1. The van der Waals surface area contributed by atoms with E-state index in [2.05, 4.69) is 16.3 Å². The highest BCUT2D eigenvalue weighted by Crippen LogP contribution is 2.18. The average molecular weight is 360 g/mol. The molecule has 1 amide bonds. The molecule has 1 saturated heterocycles. The normalized spacial score (nSPS) is 20.4. The molecular weight excluding hydrogens is 332 g/mol. The van der Waals surface area contributed by atoms with Crippen molar-refractivity contribution in [1.82, 2.24) is 15.1 Å². The average Bonchev–Trinajstić information content (AvgIpc) is 2.64. The fourth-order valence-corrected chi connectivity index (χ4v) is 3.17. The number of carbonyl (C=O) groups is 1. The zero-order valence-corrected chi connectivity index (χ0v) is 15.5. The maximum Gasteiger partial charge on any atom is 0.224 e. The highest BCUT2D eigenvalue weighted by atomic mass is 16.5. The van der Waals surface area contributed by atoms with Crippen LogP contribution in [0.4, 0.5) is 0 Å². The number of hydrogen-bond acceptors (Lipinski definition) is 6. The molecule has 0 saturated carbocycles. The van der Waals surface area contributed by atoms with Crippen molar-refractivity contribution in [2.75, 3.05) is 40.4 Å². The molecule has 7 nitrogen and oxygen atoms in total. The lowest BCUT2D eigenvalue weighted by Crippen LogP contribution is -2.57. The van der Waals surface area contributed by atoms with Crippen LogP contribution >= 0.6 is 0 Å². The molecule has 0 unspecified atom stereocenters.